The summed E-state index contributed by atoms with van der Waals surface area (Å²) in [6.45, 7) is 6.08. The first-order valence-corrected chi connectivity index (χ1v) is 12.5. The summed E-state index contributed by atoms with van der Waals surface area (Å²) in [4.78, 5) is 29.8. The Morgan fingerprint density at radius 3 is 2.46 bits per heavy atom. The Morgan fingerprint density at radius 2 is 1.74 bits per heavy atom. The number of nitrogens with one attached hydrogen (secondary N) is 2. The van der Waals surface area contributed by atoms with Crippen LogP contribution in [0.5, 0.6) is 11.5 Å². The maximum absolute atomic E-state index is 13.1. The third-order valence-corrected chi connectivity index (χ3v) is 6.60. The molecule has 2 N–H and O–H groups in total. The van der Waals surface area contributed by atoms with Crippen LogP contribution < -0.4 is 15.4 Å². The molecular formula is C27H34N4O4. The van der Waals surface area contributed by atoms with Gasteiger partial charge in [-0.15, -0.1) is 0 Å². The van der Waals surface area contributed by atoms with Crippen molar-refractivity contribution in [2.24, 2.45) is 0 Å². The number of carbonyl (C=O) groups is 2. The molecule has 2 fully saturated rings. The SMILES string of the molecule is CC(C)NC(=O)N1C[C@@H]2NC(=O)CN(C3CC3)Cc3cccc(c3)Oc3cccc(c3)CO[C@H]2C1. The maximum atomic E-state index is 13.1. The Bertz CT molecular complexity index is 1070. The van der Waals surface area contributed by atoms with Gasteiger partial charge in [-0.2, -0.15) is 0 Å². The molecule has 8 nitrogen and oxygen atoms in total. The second-order valence-electron chi connectivity index (χ2n) is 10.1. The molecule has 3 aliphatic rings. The number of nitrogens with zero attached hydrogens (tertiary/aromatic N) is 2. The Kier molecular flexibility index (Phi) is 6.92. The monoisotopic (exact) mass is 478 g/mol. The van der Waals surface area contributed by atoms with Crippen LogP contribution in [0.1, 0.15) is 37.8 Å². The van der Waals surface area contributed by atoms with Crippen molar-refractivity contribution in [1.29, 1.82) is 0 Å². The molecule has 2 atom stereocenters. The molecule has 186 valence electrons. The molecule has 1 saturated heterocycles. The third-order valence-electron chi connectivity index (χ3n) is 6.60. The second-order valence-corrected chi connectivity index (χ2v) is 10.1. The van der Waals surface area contributed by atoms with E-state index < -0.39 is 0 Å². The Balaban J connectivity index is 1.40. The molecule has 1 saturated carbocycles. The lowest BCUT2D eigenvalue weighted by Crippen LogP contribution is -2.48. The van der Waals surface area contributed by atoms with Gasteiger partial charge in [0.25, 0.3) is 0 Å². The van der Waals surface area contributed by atoms with E-state index in [4.69, 9.17) is 9.47 Å². The van der Waals surface area contributed by atoms with E-state index in [2.05, 4.69) is 21.6 Å². The van der Waals surface area contributed by atoms with Gasteiger partial charge in [0.1, 0.15) is 11.5 Å². The molecule has 5 rings (SSSR count). The molecule has 0 aromatic heterocycles. The highest BCUT2D eigenvalue weighted by Gasteiger charge is 2.38. The van der Waals surface area contributed by atoms with E-state index >= 15 is 0 Å². The van der Waals surface area contributed by atoms with E-state index in [-0.39, 0.29) is 30.1 Å². The van der Waals surface area contributed by atoms with Crippen molar-refractivity contribution in [3.05, 3.63) is 59.7 Å². The van der Waals surface area contributed by atoms with Crippen LogP contribution in [0.4, 0.5) is 4.79 Å². The van der Waals surface area contributed by atoms with Crippen LogP contribution in [0.25, 0.3) is 0 Å². The fraction of sp³-hybridized carbons (Fsp3) is 0.481. The highest BCUT2D eigenvalue weighted by molar-refractivity contribution is 5.79. The van der Waals surface area contributed by atoms with Gasteiger partial charge < -0.3 is 25.0 Å². The van der Waals surface area contributed by atoms with E-state index in [1.165, 1.54) is 0 Å². The molecule has 0 radical (unpaired) electrons. The van der Waals surface area contributed by atoms with Crippen molar-refractivity contribution in [2.75, 3.05) is 19.6 Å². The third kappa shape index (κ3) is 6.13. The minimum absolute atomic E-state index is 0.0388. The van der Waals surface area contributed by atoms with E-state index in [9.17, 15) is 9.59 Å². The zero-order chi connectivity index (χ0) is 24.4. The van der Waals surface area contributed by atoms with Gasteiger partial charge in [-0.1, -0.05) is 24.3 Å². The molecule has 2 heterocycles. The molecule has 0 unspecified atom stereocenters. The van der Waals surface area contributed by atoms with Gasteiger partial charge >= 0.3 is 6.03 Å². The van der Waals surface area contributed by atoms with Crippen molar-refractivity contribution < 1.29 is 19.1 Å². The first-order valence-electron chi connectivity index (χ1n) is 12.5. The quantitative estimate of drug-likeness (QED) is 0.692. The largest absolute Gasteiger partial charge is 0.457 e. The maximum Gasteiger partial charge on any atom is 0.317 e. The zero-order valence-electron chi connectivity index (χ0n) is 20.4. The molecule has 4 bridgehead atoms. The minimum Gasteiger partial charge on any atom is -0.457 e. The standard InChI is InChI=1S/C27H34N4O4/c1-18(2)28-27(33)31-14-24-25(15-31)34-17-20-6-4-8-23(12-20)35-22-7-3-5-19(11-22)13-30(21-9-10-21)16-26(32)29-24/h3-8,11-12,18,21,24-25H,9-10,13-17H2,1-2H3,(H,28,33)(H,29,32)/t24-,25-/m0/s1. The number of amides is 3. The van der Waals surface area contributed by atoms with E-state index in [0.29, 0.717) is 38.8 Å². The molecular weight excluding hydrogens is 444 g/mol. The first kappa shape index (κ1) is 23.6. The number of benzene rings is 2. The van der Waals surface area contributed by atoms with E-state index in [1.807, 2.05) is 56.3 Å². The molecule has 3 amide bonds. The molecule has 0 spiro atoms. The Hall–Kier alpha value is -3.10. The van der Waals surface area contributed by atoms with Crippen LogP contribution in [0, 0.1) is 0 Å². The van der Waals surface area contributed by atoms with Crippen LogP contribution in [0.15, 0.2) is 48.5 Å². The summed E-state index contributed by atoms with van der Waals surface area (Å²) in [5, 5.41) is 6.12. The average molecular weight is 479 g/mol. The van der Waals surface area contributed by atoms with Crippen LogP contribution in [0.2, 0.25) is 0 Å². The first-order chi connectivity index (χ1) is 16.9. The summed E-state index contributed by atoms with van der Waals surface area (Å²) in [7, 11) is 0. The molecule has 2 aliphatic heterocycles. The average Bonchev–Trinajstić information content (AvgIpc) is 3.58. The van der Waals surface area contributed by atoms with Crippen LogP contribution in [-0.4, -0.2) is 65.6 Å². The van der Waals surface area contributed by atoms with Gasteiger partial charge in [-0.3, -0.25) is 9.69 Å². The summed E-state index contributed by atoms with van der Waals surface area (Å²) in [6.07, 6.45) is 1.92. The normalized spacial score (nSPS) is 23.4. The van der Waals surface area contributed by atoms with Crippen molar-refractivity contribution >= 4 is 11.9 Å². The summed E-state index contributed by atoms with van der Waals surface area (Å²) in [5.74, 6) is 1.49. The summed E-state index contributed by atoms with van der Waals surface area (Å²) in [5.41, 5.74) is 2.09. The smallest absolute Gasteiger partial charge is 0.317 e. The van der Waals surface area contributed by atoms with Crippen LogP contribution in [-0.2, 0) is 22.7 Å². The number of urea groups is 1. The lowest BCUT2D eigenvalue weighted by molar-refractivity contribution is -0.124. The molecule has 2 aromatic carbocycles. The Labute approximate surface area is 206 Å². The lowest BCUT2D eigenvalue weighted by atomic mass is 10.1. The second kappa shape index (κ2) is 10.3. The molecule has 35 heavy (non-hydrogen) atoms. The van der Waals surface area contributed by atoms with Gasteiger partial charge in [0.05, 0.1) is 31.8 Å². The Morgan fingerprint density at radius 1 is 1.03 bits per heavy atom. The number of hydrogen-bond acceptors (Lipinski definition) is 5. The summed E-state index contributed by atoms with van der Waals surface area (Å²) >= 11 is 0. The van der Waals surface area contributed by atoms with Crippen molar-refractivity contribution in [3.8, 4) is 11.5 Å². The minimum atomic E-state index is -0.295. The number of hydrogen-bond donors (Lipinski definition) is 2. The molecule has 8 heteroatoms. The number of likely N-dealkylation sites (tertiary alicyclic amines) is 1. The summed E-state index contributed by atoms with van der Waals surface area (Å²) < 4.78 is 12.4. The number of ether oxygens (including phenoxy) is 2. The topological polar surface area (TPSA) is 83.1 Å². The van der Waals surface area contributed by atoms with Gasteiger partial charge in [-0.25, -0.2) is 4.79 Å². The fourth-order valence-electron chi connectivity index (χ4n) is 4.76. The highest BCUT2D eigenvalue weighted by atomic mass is 16.5. The van der Waals surface area contributed by atoms with Gasteiger partial charge in [0.15, 0.2) is 0 Å². The summed E-state index contributed by atoms with van der Waals surface area (Å²) in [6, 6.07) is 16.0. The van der Waals surface area contributed by atoms with Gasteiger partial charge in [-0.05, 0) is 62.1 Å². The van der Waals surface area contributed by atoms with Gasteiger partial charge in [0.2, 0.25) is 5.91 Å². The molecule has 2 aromatic rings. The molecule has 1 aliphatic carbocycles. The predicted octanol–water partition coefficient (Wildman–Crippen LogP) is 3.26. The van der Waals surface area contributed by atoms with Crippen molar-refractivity contribution in [2.45, 2.75) is 64.1 Å². The van der Waals surface area contributed by atoms with Gasteiger partial charge in [0, 0.05) is 25.2 Å². The number of carbonyl (C=O) groups excluding carboxylic acids is 2. The van der Waals surface area contributed by atoms with Crippen molar-refractivity contribution in [3.63, 3.8) is 0 Å². The lowest BCUT2D eigenvalue weighted by Gasteiger charge is -2.25. The zero-order valence-corrected chi connectivity index (χ0v) is 20.4. The van der Waals surface area contributed by atoms with Crippen LogP contribution >= 0.6 is 0 Å². The fourth-order valence-corrected chi connectivity index (χ4v) is 4.76. The highest BCUT2D eigenvalue weighted by Crippen LogP contribution is 2.30. The van der Waals surface area contributed by atoms with Crippen LogP contribution in [0.3, 0.4) is 0 Å². The predicted molar refractivity (Wildman–Crippen MR) is 132 cm³/mol. The van der Waals surface area contributed by atoms with Crippen molar-refractivity contribution in [1.82, 2.24) is 20.4 Å². The number of fused-ring (bicyclic) bond motifs is 5. The van der Waals surface area contributed by atoms with E-state index in [0.717, 1.165) is 35.5 Å². The number of rotatable bonds is 2. The van der Waals surface area contributed by atoms with E-state index in [1.54, 1.807) is 4.90 Å².